The molecule has 0 aromatic heterocycles. The van der Waals surface area contributed by atoms with Crippen molar-refractivity contribution in [1.29, 1.82) is 0 Å². The molecule has 20 heavy (non-hydrogen) atoms. The van der Waals surface area contributed by atoms with Gasteiger partial charge in [-0.25, -0.2) is 8.78 Å². The average molecular weight is 284 g/mol. The number of rotatable bonds is 5. The summed E-state index contributed by atoms with van der Waals surface area (Å²) in [5.41, 5.74) is 0.196. The van der Waals surface area contributed by atoms with E-state index in [0.29, 0.717) is 6.54 Å². The van der Waals surface area contributed by atoms with E-state index in [2.05, 4.69) is 4.90 Å². The van der Waals surface area contributed by atoms with Crippen LogP contribution < -0.4 is 0 Å². The monoisotopic (exact) mass is 284 g/mol. The summed E-state index contributed by atoms with van der Waals surface area (Å²) in [5.74, 6) is -2.15. The van der Waals surface area contributed by atoms with Crippen LogP contribution in [-0.4, -0.2) is 66.6 Å². The van der Waals surface area contributed by atoms with Crippen molar-refractivity contribution in [3.05, 3.63) is 35.4 Å². The van der Waals surface area contributed by atoms with Gasteiger partial charge in [-0.3, -0.25) is 14.6 Å². The predicted molar refractivity (Wildman–Crippen MR) is 70.7 cm³/mol. The molecule has 0 bridgehead atoms. The number of piperazine rings is 1. The Labute approximate surface area is 116 Å². The molecule has 1 fully saturated rings. The van der Waals surface area contributed by atoms with Crippen LogP contribution in [0, 0.1) is 11.6 Å². The zero-order valence-corrected chi connectivity index (χ0v) is 11.2. The van der Waals surface area contributed by atoms with Crippen LogP contribution >= 0.6 is 0 Å². The highest BCUT2D eigenvalue weighted by molar-refractivity contribution is 5.97. The maximum atomic E-state index is 13.1. The van der Waals surface area contributed by atoms with Crippen molar-refractivity contribution in [3.8, 4) is 0 Å². The number of hydrogen-bond acceptors (Lipinski definition) is 4. The molecular formula is C14H18F2N2O2. The molecule has 1 aliphatic heterocycles. The van der Waals surface area contributed by atoms with E-state index in [9.17, 15) is 13.6 Å². The van der Waals surface area contributed by atoms with Crippen molar-refractivity contribution in [2.75, 3.05) is 45.9 Å². The topological polar surface area (TPSA) is 43.8 Å². The minimum Gasteiger partial charge on any atom is -0.395 e. The predicted octanol–water partition coefficient (Wildman–Crippen LogP) is 0.757. The van der Waals surface area contributed by atoms with Crippen molar-refractivity contribution in [2.45, 2.75) is 0 Å². The number of β-amino-alcohol motifs (C(OH)–C–C–N with tert-alkyl or cyclic N) is 1. The highest BCUT2D eigenvalue weighted by Gasteiger charge is 2.19. The molecule has 1 aromatic carbocycles. The summed E-state index contributed by atoms with van der Waals surface area (Å²) < 4.78 is 25.9. The molecular weight excluding hydrogens is 266 g/mol. The van der Waals surface area contributed by atoms with Gasteiger partial charge in [-0.15, -0.1) is 0 Å². The Bertz CT molecular complexity index is 474. The molecule has 0 unspecified atom stereocenters. The van der Waals surface area contributed by atoms with Crippen LogP contribution in [-0.2, 0) is 0 Å². The summed E-state index contributed by atoms with van der Waals surface area (Å²) in [4.78, 5) is 16.1. The minimum atomic E-state index is -0.997. The number of Topliss-reactive ketones (excluding diaryl/α,β-unsaturated/α-hetero) is 1. The molecule has 0 radical (unpaired) electrons. The van der Waals surface area contributed by atoms with E-state index >= 15 is 0 Å². The Balaban J connectivity index is 1.87. The van der Waals surface area contributed by atoms with Crippen molar-refractivity contribution in [3.63, 3.8) is 0 Å². The van der Waals surface area contributed by atoms with Crippen molar-refractivity contribution in [1.82, 2.24) is 9.80 Å². The Morgan fingerprint density at radius 2 is 1.75 bits per heavy atom. The van der Waals surface area contributed by atoms with E-state index in [-0.39, 0.29) is 24.5 Å². The molecule has 1 aromatic rings. The number of aliphatic hydroxyl groups is 1. The first-order chi connectivity index (χ1) is 9.60. The molecule has 110 valence electrons. The lowest BCUT2D eigenvalue weighted by Crippen LogP contribution is -2.48. The summed E-state index contributed by atoms with van der Waals surface area (Å²) >= 11 is 0. The SMILES string of the molecule is O=C(CN1CCN(CCO)CC1)c1ccc(F)c(F)c1. The third-order valence-electron chi connectivity index (χ3n) is 3.49. The van der Waals surface area contributed by atoms with Crippen LogP contribution in [0.2, 0.25) is 0 Å². The van der Waals surface area contributed by atoms with Crippen LogP contribution in [0.25, 0.3) is 0 Å². The summed E-state index contributed by atoms with van der Waals surface area (Å²) in [6.07, 6.45) is 0. The second kappa shape index (κ2) is 6.88. The lowest BCUT2D eigenvalue weighted by atomic mass is 10.1. The Morgan fingerprint density at radius 1 is 1.10 bits per heavy atom. The second-order valence-electron chi connectivity index (χ2n) is 4.89. The van der Waals surface area contributed by atoms with Crippen LogP contribution in [0.3, 0.4) is 0 Å². The van der Waals surface area contributed by atoms with Gasteiger partial charge < -0.3 is 5.11 Å². The fourth-order valence-electron chi connectivity index (χ4n) is 2.28. The van der Waals surface area contributed by atoms with E-state index in [1.165, 1.54) is 6.07 Å². The van der Waals surface area contributed by atoms with Crippen LogP contribution in [0.1, 0.15) is 10.4 Å². The molecule has 1 aliphatic rings. The first-order valence-corrected chi connectivity index (χ1v) is 6.64. The van der Waals surface area contributed by atoms with E-state index in [0.717, 1.165) is 38.3 Å². The lowest BCUT2D eigenvalue weighted by Gasteiger charge is -2.33. The molecule has 4 nitrogen and oxygen atoms in total. The van der Waals surface area contributed by atoms with Gasteiger partial charge in [-0.2, -0.15) is 0 Å². The second-order valence-corrected chi connectivity index (χ2v) is 4.89. The molecule has 2 rings (SSSR count). The maximum Gasteiger partial charge on any atom is 0.176 e. The summed E-state index contributed by atoms with van der Waals surface area (Å²) in [5, 5.41) is 8.85. The van der Waals surface area contributed by atoms with Gasteiger partial charge in [0.1, 0.15) is 0 Å². The van der Waals surface area contributed by atoms with Gasteiger partial charge in [0, 0.05) is 38.3 Å². The standard InChI is InChI=1S/C14H18F2N2O2/c15-12-2-1-11(9-13(12)16)14(20)10-18-5-3-17(4-6-18)7-8-19/h1-2,9,19H,3-8,10H2. The van der Waals surface area contributed by atoms with Gasteiger partial charge in [0.15, 0.2) is 17.4 Å². The van der Waals surface area contributed by atoms with Crippen molar-refractivity contribution < 1.29 is 18.7 Å². The Kier molecular flexibility index (Phi) is 5.17. The molecule has 0 aliphatic carbocycles. The van der Waals surface area contributed by atoms with E-state index < -0.39 is 11.6 Å². The zero-order valence-electron chi connectivity index (χ0n) is 11.2. The van der Waals surface area contributed by atoms with Gasteiger partial charge in [-0.1, -0.05) is 0 Å². The summed E-state index contributed by atoms with van der Waals surface area (Å²) in [6.45, 7) is 4.04. The molecule has 1 heterocycles. The minimum absolute atomic E-state index is 0.133. The Hall–Kier alpha value is -1.37. The van der Waals surface area contributed by atoms with Crippen molar-refractivity contribution >= 4 is 5.78 Å². The molecule has 1 N–H and O–H groups in total. The number of aliphatic hydroxyl groups excluding tert-OH is 1. The number of nitrogens with zero attached hydrogens (tertiary/aromatic N) is 2. The van der Waals surface area contributed by atoms with Gasteiger partial charge in [0.05, 0.1) is 13.2 Å². The maximum absolute atomic E-state index is 13.1. The molecule has 1 saturated heterocycles. The van der Waals surface area contributed by atoms with Crippen LogP contribution in [0.5, 0.6) is 0 Å². The number of benzene rings is 1. The highest BCUT2D eigenvalue weighted by atomic mass is 19.2. The van der Waals surface area contributed by atoms with E-state index in [1.54, 1.807) is 0 Å². The number of ketones is 1. The molecule has 0 amide bonds. The van der Waals surface area contributed by atoms with Gasteiger partial charge in [0.2, 0.25) is 0 Å². The highest BCUT2D eigenvalue weighted by Crippen LogP contribution is 2.10. The molecule has 6 heteroatoms. The van der Waals surface area contributed by atoms with E-state index in [1.807, 2.05) is 4.90 Å². The first-order valence-electron chi connectivity index (χ1n) is 6.64. The summed E-state index contributed by atoms with van der Waals surface area (Å²) in [6, 6.07) is 3.23. The molecule has 0 spiro atoms. The molecule has 0 atom stereocenters. The van der Waals surface area contributed by atoms with Gasteiger partial charge >= 0.3 is 0 Å². The average Bonchev–Trinajstić information content (AvgIpc) is 2.44. The van der Waals surface area contributed by atoms with Gasteiger partial charge in [0.25, 0.3) is 0 Å². The quantitative estimate of drug-likeness (QED) is 0.811. The first kappa shape index (κ1) is 15.0. The lowest BCUT2D eigenvalue weighted by molar-refractivity contribution is 0.0822. The largest absolute Gasteiger partial charge is 0.395 e. The van der Waals surface area contributed by atoms with Crippen molar-refractivity contribution in [2.24, 2.45) is 0 Å². The van der Waals surface area contributed by atoms with Crippen LogP contribution in [0.15, 0.2) is 18.2 Å². The van der Waals surface area contributed by atoms with E-state index in [4.69, 9.17) is 5.11 Å². The smallest absolute Gasteiger partial charge is 0.176 e. The normalized spacial score (nSPS) is 17.4. The Morgan fingerprint density at radius 3 is 2.35 bits per heavy atom. The third-order valence-corrected chi connectivity index (χ3v) is 3.49. The zero-order chi connectivity index (χ0) is 14.5. The third kappa shape index (κ3) is 3.82. The number of hydrogen-bond donors (Lipinski definition) is 1. The van der Waals surface area contributed by atoms with Crippen LogP contribution in [0.4, 0.5) is 8.78 Å². The summed E-state index contributed by atoms with van der Waals surface area (Å²) in [7, 11) is 0. The number of carbonyl (C=O) groups excluding carboxylic acids is 1. The number of halogens is 2. The number of carbonyl (C=O) groups is 1. The fraction of sp³-hybridized carbons (Fsp3) is 0.500. The fourth-order valence-corrected chi connectivity index (χ4v) is 2.28. The van der Waals surface area contributed by atoms with Gasteiger partial charge in [-0.05, 0) is 18.2 Å². The molecule has 0 saturated carbocycles.